The van der Waals surface area contributed by atoms with E-state index in [1.807, 2.05) is 24.3 Å². The number of hydrogen-bond donors (Lipinski definition) is 1. The van der Waals surface area contributed by atoms with Gasteiger partial charge in [0.25, 0.3) is 11.8 Å². The zero-order chi connectivity index (χ0) is 22.2. The largest absolute Gasteiger partial charge is 0.452 e. The van der Waals surface area contributed by atoms with Crippen molar-refractivity contribution in [2.75, 3.05) is 23.9 Å². The van der Waals surface area contributed by atoms with Crippen LogP contribution in [-0.4, -0.2) is 31.4 Å². The lowest BCUT2D eigenvalue weighted by atomic mass is 10.1. The lowest BCUT2D eigenvalue weighted by Gasteiger charge is -2.18. The second kappa shape index (κ2) is 9.85. The van der Waals surface area contributed by atoms with Crippen LogP contribution in [0.2, 0.25) is 0 Å². The number of rotatable bonds is 6. The predicted molar refractivity (Wildman–Crippen MR) is 116 cm³/mol. The van der Waals surface area contributed by atoms with Crippen molar-refractivity contribution in [2.24, 2.45) is 0 Å². The summed E-state index contributed by atoms with van der Waals surface area (Å²) in [6.45, 7) is -0.518. The molecule has 0 radical (unpaired) electrons. The summed E-state index contributed by atoms with van der Waals surface area (Å²) in [5.41, 5.74) is 1.86. The minimum atomic E-state index is -0.777. The number of nitriles is 1. The molecule has 3 aromatic rings. The van der Waals surface area contributed by atoms with Gasteiger partial charge in [0, 0.05) is 18.4 Å². The van der Waals surface area contributed by atoms with Gasteiger partial charge in [-0.15, -0.1) is 0 Å². The SMILES string of the molecule is CN(C(=O)c1ccccc1C(=O)OCC(=O)Nc1ccc(C#N)cc1)c1ccccc1. The van der Waals surface area contributed by atoms with Gasteiger partial charge in [-0.2, -0.15) is 5.26 Å². The van der Waals surface area contributed by atoms with Gasteiger partial charge in [-0.1, -0.05) is 30.3 Å². The Kier molecular flexibility index (Phi) is 6.76. The normalized spacial score (nSPS) is 9.94. The molecule has 0 unspecified atom stereocenters. The Labute approximate surface area is 179 Å². The van der Waals surface area contributed by atoms with Crippen LogP contribution in [0.25, 0.3) is 0 Å². The van der Waals surface area contributed by atoms with Crippen molar-refractivity contribution in [2.45, 2.75) is 0 Å². The Morgan fingerprint density at radius 1 is 0.903 bits per heavy atom. The van der Waals surface area contributed by atoms with Gasteiger partial charge in [-0.05, 0) is 48.5 Å². The van der Waals surface area contributed by atoms with Crippen molar-refractivity contribution in [1.82, 2.24) is 0 Å². The van der Waals surface area contributed by atoms with Gasteiger partial charge < -0.3 is 15.0 Å². The number of anilines is 2. The molecule has 3 aromatic carbocycles. The highest BCUT2D eigenvalue weighted by atomic mass is 16.5. The van der Waals surface area contributed by atoms with Crippen molar-refractivity contribution in [3.05, 3.63) is 95.6 Å². The second-order valence-electron chi connectivity index (χ2n) is 6.56. The molecular formula is C24H19N3O4. The van der Waals surface area contributed by atoms with E-state index in [-0.39, 0.29) is 17.0 Å². The average molecular weight is 413 g/mol. The molecule has 2 amide bonds. The van der Waals surface area contributed by atoms with Crippen LogP contribution in [0.15, 0.2) is 78.9 Å². The van der Waals surface area contributed by atoms with Gasteiger partial charge in [0.15, 0.2) is 6.61 Å². The molecule has 0 aliphatic heterocycles. The Bertz CT molecular complexity index is 1140. The molecule has 0 spiro atoms. The Hall–Kier alpha value is -4.44. The summed E-state index contributed by atoms with van der Waals surface area (Å²) in [6.07, 6.45) is 0. The molecular weight excluding hydrogens is 394 g/mol. The molecule has 1 N–H and O–H groups in total. The second-order valence-corrected chi connectivity index (χ2v) is 6.56. The van der Waals surface area contributed by atoms with Gasteiger partial charge in [-0.3, -0.25) is 9.59 Å². The molecule has 0 saturated heterocycles. The van der Waals surface area contributed by atoms with Gasteiger partial charge in [-0.25, -0.2) is 4.79 Å². The highest BCUT2D eigenvalue weighted by Crippen LogP contribution is 2.18. The molecule has 0 aromatic heterocycles. The van der Waals surface area contributed by atoms with E-state index in [4.69, 9.17) is 10.00 Å². The van der Waals surface area contributed by atoms with E-state index >= 15 is 0 Å². The number of ether oxygens (including phenoxy) is 1. The molecule has 7 nitrogen and oxygen atoms in total. The molecule has 3 rings (SSSR count). The highest BCUT2D eigenvalue weighted by molar-refractivity contribution is 6.12. The summed E-state index contributed by atoms with van der Waals surface area (Å²) in [6, 6.07) is 23.6. The standard InChI is InChI=1S/C24H19N3O4/c1-27(19-7-3-2-4-8-19)23(29)20-9-5-6-10-21(20)24(30)31-16-22(28)26-18-13-11-17(15-25)12-14-18/h2-14H,16H2,1H3,(H,26,28). The van der Waals surface area contributed by atoms with E-state index in [0.29, 0.717) is 16.9 Å². The van der Waals surface area contributed by atoms with Crippen LogP contribution < -0.4 is 10.2 Å². The Balaban J connectivity index is 1.66. The first kappa shape index (κ1) is 21.3. The maximum absolute atomic E-state index is 12.9. The van der Waals surface area contributed by atoms with Crippen LogP contribution in [-0.2, 0) is 9.53 Å². The minimum absolute atomic E-state index is 0.0708. The first-order valence-electron chi connectivity index (χ1n) is 9.39. The maximum atomic E-state index is 12.9. The third kappa shape index (κ3) is 5.34. The van der Waals surface area contributed by atoms with E-state index in [0.717, 1.165) is 0 Å². The Morgan fingerprint density at radius 3 is 2.16 bits per heavy atom. The average Bonchev–Trinajstić information content (AvgIpc) is 2.82. The zero-order valence-electron chi connectivity index (χ0n) is 16.7. The monoisotopic (exact) mass is 413 g/mol. The number of para-hydroxylation sites is 1. The lowest BCUT2D eigenvalue weighted by Crippen LogP contribution is -2.28. The minimum Gasteiger partial charge on any atom is -0.452 e. The summed E-state index contributed by atoms with van der Waals surface area (Å²) >= 11 is 0. The van der Waals surface area contributed by atoms with Crippen molar-refractivity contribution < 1.29 is 19.1 Å². The van der Waals surface area contributed by atoms with Crippen LogP contribution in [0, 0.1) is 11.3 Å². The summed E-state index contributed by atoms with van der Waals surface area (Å²) in [7, 11) is 1.62. The van der Waals surface area contributed by atoms with E-state index in [1.165, 1.54) is 17.0 Å². The molecule has 0 fully saturated rings. The van der Waals surface area contributed by atoms with Crippen LogP contribution in [0.5, 0.6) is 0 Å². The van der Waals surface area contributed by atoms with Crippen molar-refractivity contribution in [3.63, 3.8) is 0 Å². The van der Waals surface area contributed by atoms with Gasteiger partial charge in [0.2, 0.25) is 0 Å². The summed E-state index contributed by atoms with van der Waals surface area (Å²) in [4.78, 5) is 39.0. The summed E-state index contributed by atoms with van der Waals surface area (Å²) in [5, 5.41) is 11.4. The van der Waals surface area contributed by atoms with E-state index in [1.54, 1.807) is 55.6 Å². The van der Waals surface area contributed by atoms with Crippen LogP contribution in [0.1, 0.15) is 26.3 Å². The van der Waals surface area contributed by atoms with Crippen LogP contribution in [0.4, 0.5) is 11.4 Å². The quantitative estimate of drug-likeness (QED) is 0.622. The number of benzene rings is 3. The lowest BCUT2D eigenvalue weighted by molar-refractivity contribution is -0.119. The number of carbonyl (C=O) groups excluding carboxylic acids is 3. The van der Waals surface area contributed by atoms with Gasteiger partial charge >= 0.3 is 5.97 Å². The topological polar surface area (TPSA) is 99.5 Å². The van der Waals surface area contributed by atoms with Gasteiger partial charge in [0.05, 0.1) is 22.8 Å². The van der Waals surface area contributed by atoms with E-state index < -0.39 is 18.5 Å². The number of nitrogens with zero attached hydrogens (tertiary/aromatic N) is 2. The summed E-state index contributed by atoms with van der Waals surface area (Å²) < 4.78 is 5.11. The number of esters is 1. The van der Waals surface area contributed by atoms with E-state index in [2.05, 4.69) is 5.32 Å². The van der Waals surface area contributed by atoms with Crippen molar-refractivity contribution >= 4 is 29.2 Å². The van der Waals surface area contributed by atoms with Crippen LogP contribution >= 0.6 is 0 Å². The molecule has 0 aliphatic rings. The van der Waals surface area contributed by atoms with Gasteiger partial charge in [0.1, 0.15) is 0 Å². The molecule has 154 valence electrons. The third-order valence-electron chi connectivity index (χ3n) is 4.46. The first-order chi connectivity index (χ1) is 15.0. The van der Waals surface area contributed by atoms with Crippen molar-refractivity contribution in [3.8, 4) is 6.07 Å². The van der Waals surface area contributed by atoms with E-state index in [9.17, 15) is 14.4 Å². The molecule has 0 saturated carbocycles. The number of hydrogen-bond acceptors (Lipinski definition) is 5. The Morgan fingerprint density at radius 2 is 1.52 bits per heavy atom. The predicted octanol–water partition coefficient (Wildman–Crippen LogP) is 3.63. The maximum Gasteiger partial charge on any atom is 0.339 e. The number of nitrogens with one attached hydrogen (secondary N) is 1. The number of carbonyl (C=O) groups is 3. The smallest absolute Gasteiger partial charge is 0.339 e. The molecule has 0 atom stereocenters. The zero-order valence-corrected chi connectivity index (χ0v) is 16.7. The summed E-state index contributed by atoms with van der Waals surface area (Å²) in [5.74, 6) is -1.69. The van der Waals surface area contributed by atoms with Crippen molar-refractivity contribution in [1.29, 1.82) is 5.26 Å². The fraction of sp³-hybridized carbons (Fsp3) is 0.0833. The third-order valence-corrected chi connectivity index (χ3v) is 4.46. The highest BCUT2D eigenvalue weighted by Gasteiger charge is 2.22. The molecule has 31 heavy (non-hydrogen) atoms. The first-order valence-corrected chi connectivity index (χ1v) is 9.39. The van der Waals surface area contributed by atoms with Crippen LogP contribution in [0.3, 0.4) is 0 Å². The fourth-order valence-corrected chi connectivity index (χ4v) is 2.83. The molecule has 0 aliphatic carbocycles. The molecule has 0 heterocycles. The fourth-order valence-electron chi connectivity index (χ4n) is 2.83. The number of amides is 2. The molecule has 0 bridgehead atoms. The molecule has 7 heteroatoms.